The molecule has 0 aliphatic rings. The van der Waals surface area contributed by atoms with Gasteiger partial charge < -0.3 is 33.3 Å². The first-order chi connectivity index (χ1) is 30.6. The Bertz CT molecular complexity index is 1300. The van der Waals surface area contributed by atoms with Gasteiger partial charge in [-0.15, -0.1) is 0 Å². The molecule has 0 bridgehead atoms. The number of hydrogen-bond acceptors (Lipinski definition) is 8. The Kier molecular flexibility index (Phi) is 42.5. The summed E-state index contributed by atoms with van der Waals surface area (Å²) in [5.74, 6) is -2.31. The van der Waals surface area contributed by atoms with Gasteiger partial charge in [0.1, 0.15) is 13.2 Å². The number of ether oxygens (including phenoxy) is 4. The normalized spacial score (nSPS) is 13.6. The number of nitrogens with zero attached hydrogens (tertiary/aromatic N) is 1. The predicted octanol–water partition coefficient (Wildman–Crippen LogP) is 12.3. The van der Waals surface area contributed by atoms with Crippen LogP contribution in [-0.2, 0) is 33.3 Å². The van der Waals surface area contributed by atoms with Crippen LogP contribution in [0.1, 0.15) is 181 Å². The second-order valence-electron chi connectivity index (χ2n) is 17.4. The van der Waals surface area contributed by atoms with E-state index >= 15 is 0 Å². The summed E-state index contributed by atoms with van der Waals surface area (Å²) in [5, 5.41) is 11.7. The van der Waals surface area contributed by atoms with Crippen molar-refractivity contribution in [2.24, 2.45) is 0 Å². The Morgan fingerprint density at radius 2 is 0.905 bits per heavy atom. The molecule has 0 rings (SSSR count). The van der Waals surface area contributed by atoms with Crippen LogP contribution in [0, 0.1) is 0 Å². The number of unbranched alkanes of at least 4 members (excludes halogenated alkanes) is 15. The fourth-order valence-electron chi connectivity index (χ4n) is 6.34. The number of hydrogen-bond donors (Lipinski definition) is 0. The van der Waals surface area contributed by atoms with E-state index in [-0.39, 0.29) is 38.6 Å². The highest BCUT2D eigenvalue weighted by Gasteiger charge is 2.21. The molecule has 0 aromatic carbocycles. The molecule has 0 aliphatic carbocycles. The molecule has 0 saturated carbocycles. The molecule has 2 unspecified atom stereocenters. The maximum atomic E-state index is 12.7. The topological polar surface area (TPSA) is 111 Å². The average molecular weight is 882 g/mol. The van der Waals surface area contributed by atoms with Gasteiger partial charge in [0.25, 0.3) is 0 Å². The van der Waals surface area contributed by atoms with Crippen LogP contribution in [-0.4, -0.2) is 82.3 Å². The summed E-state index contributed by atoms with van der Waals surface area (Å²) in [6.07, 6.45) is 55.1. The molecule has 0 aromatic rings. The maximum Gasteiger partial charge on any atom is 0.306 e. The second kappa shape index (κ2) is 45.1. The highest BCUT2D eigenvalue weighted by molar-refractivity contribution is 5.70. The second-order valence-corrected chi connectivity index (χ2v) is 17.4. The SMILES string of the molecule is CC/C=C\C/C=C\C/C=C\C/C=C\C/C=C\C/C=C\C/C=C\CCCCCCCCCCCC(=O)OC(COC(=O)CCCCCCCCC)COC(OCC[N+](C)(C)C)C(=O)[O-]. The summed E-state index contributed by atoms with van der Waals surface area (Å²) in [7, 11) is 5.89. The molecule has 9 nitrogen and oxygen atoms in total. The fourth-order valence-corrected chi connectivity index (χ4v) is 6.34. The van der Waals surface area contributed by atoms with Crippen LogP contribution in [0.2, 0.25) is 0 Å². The number of carboxylic acid groups (broad SMARTS) is 1. The Morgan fingerprint density at radius 3 is 1.35 bits per heavy atom. The van der Waals surface area contributed by atoms with Gasteiger partial charge in [-0.2, -0.15) is 0 Å². The lowest BCUT2D eigenvalue weighted by molar-refractivity contribution is -0.870. The van der Waals surface area contributed by atoms with Crippen molar-refractivity contribution in [1.82, 2.24) is 0 Å². The number of carbonyl (C=O) groups is 3. The smallest absolute Gasteiger partial charge is 0.306 e. The van der Waals surface area contributed by atoms with Crippen molar-refractivity contribution >= 4 is 17.9 Å². The summed E-state index contributed by atoms with van der Waals surface area (Å²) in [6, 6.07) is 0. The molecule has 0 aromatic heterocycles. The number of likely N-dealkylation sites (N-methyl/N-ethyl adjacent to an activating group) is 1. The molecule has 0 N–H and O–H groups in total. The average Bonchev–Trinajstić information content (AvgIpc) is 3.24. The number of quaternary nitrogens is 1. The van der Waals surface area contributed by atoms with E-state index < -0.39 is 24.3 Å². The summed E-state index contributed by atoms with van der Waals surface area (Å²) < 4.78 is 22.5. The highest BCUT2D eigenvalue weighted by atomic mass is 16.7. The van der Waals surface area contributed by atoms with Crippen molar-refractivity contribution < 1.29 is 42.9 Å². The molecule has 360 valence electrons. The van der Waals surface area contributed by atoms with Gasteiger partial charge in [0, 0.05) is 12.8 Å². The summed E-state index contributed by atoms with van der Waals surface area (Å²) in [6.45, 7) is 4.55. The van der Waals surface area contributed by atoms with Crippen molar-refractivity contribution in [2.45, 2.75) is 193 Å². The first-order valence-electron chi connectivity index (χ1n) is 24.7. The lowest BCUT2D eigenvalue weighted by Crippen LogP contribution is -2.44. The minimum absolute atomic E-state index is 0.143. The number of esters is 2. The van der Waals surface area contributed by atoms with Gasteiger partial charge in [0.05, 0.1) is 40.3 Å². The Labute approximate surface area is 385 Å². The number of allylic oxidation sites excluding steroid dienone is 14. The van der Waals surface area contributed by atoms with Crippen LogP contribution < -0.4 is 5.11 Å². The monoisotopic (exact) mass is 882 g/mol. The zero-order valence-electron chi connectivity index (χ0n) is 40.7. The molecular formula is C54H91NO8. The van der Waals surface area contributed by atoms with E-state index in [1.807, 2.05) is 21.1 Å². The molecule has 0 saturated heterocycles. The zero-order chi connectivity index (χ0) is 46.3. The Balaban J connectivity index is 4.17. The van der Waals surface area contributed by atoms with Crippen molar-refractivity contribution in [1.29, 1.82) is 0 Å². The van der Waals surface area contributed by atoms with Crippen LogP contribution in [0.4, 0.5) is 0 Å². The van der Waals surface area contributed by atoms with E-state index in [1.54, 1.807) is 0 Å². The highest BCUT2D eigenvalue weighted by Crippen LogP contribution is 2.14. The molecule has 0 fully saturated rings. The van der Waals surface area contributed by atoms with Crippen molar-refractivity contribution in [3.05, 3.63) is 85.1 Å². The third-order valence-electron chi connectivity index (χ3n) is 10.2. The first-order valence-corrected chi connectivity index (χ1v) is 24.7. The van der Waals surface area contributed by atoms with Crippen LogP contribution in [0.15, 0.2) is 85.1 Å². The molecule has 0 heterocycles. The number of rotatable bonds is 44. The Hall–Kier alpha value is -3.53. The third kappa shape index (κ3) is 46.3. The van der Waals surface area contributed by atoms with Crippen molar-refractivity contribution in [2.75, 3.05) is 47.5 Å². The first kappa shape index (κ1) is 59.5. The number of carbonyl (C=O) groups excluding carboxylic acids is 3. The number of aliphatic carboxylic acids is 1. The van der Waals surface area contributed by atoms with E-state index in [4.69, 9.17) is 18.9 Å². The van der Waals surface area contributed by atoms with Crippen LogP contribution >= 0.6 is 0 Å². The lowest BCUT2D eigenvalue weighted by Gasteiger charge is -2.26. The zero-order valence-corrected chi connectivity index (χ0v) is 40.7. The van der Waals surface area contributed by atoms with E-state index in [0.717, 1.165) is 89.9 Å². The van der Waals surface area contributed by atoms with E-state index in [2.05, 4.69) is 98.9 Å². The number of carboxylic acids is 1. The third-order valence-corrected chi connectivity index (χ3v) is 10.2. The molecular weight excluding hydrogens is 791 g/mol. The molecule has 0 spiro atoms. The molecule has 0 radical (unpaired) electrons. The van der Waals surface area contributed by atoms with Gasteiger partial charge in [-0.3, -0.25) is 9.59 Å². The standard InChI is InChI=1S/C54H91NO8/c1-6-8-10-12-14-15-16-17-18-19-20-21-22-23-24-25-26-27-28-29-30-31-32-33-34-35-36-37-39-41-43-45-52(57)63-50(48-61-51(56)44-42-40-38-13-11-9-7-2)49-62-54(53(58)59)60-47-46-55(3,4)5/h8,10,14-15,17-18,20-21,23-24,26-27,29-30,50,54H,6-7,9,11-13,16,19,22,25,28,31-49H2,1-5H3/b10-8-,15-14-,18-17-,21-20-,24-23-,27-26-,30-29-. The lowest BCUT2D eigenvalue weighted by atomic mass is 10.1. The summed E-state index contributed by atoms with van der Waals surface area (Å²) in [4.78, 5) is 36.8. The van der Waals surface area contributed by atoms with Gasteiger partial charge in [-0.25, -0.2) is 0 Å². The summed E-state index contributed by atoms with van der Waals surface area (Å²) in [5.41, 5.74) is 0. The van der Waals surface area contributed by atoms with Gasteiger partial charge >= 0.3 is 11.9 Å². The van der Waals surface area contributed by atoms with Gasteiger partial charge in [0.15, 0.2) is 12.4 Å². The minimum Gasteiger partial charge on any atom is -0.545 e. The fraction of sp³-hybridized carbons (Fsp3) is 0.685. The van der Waals surface area contributed by atoms with Gasteiger partial charge in [0.2, 0.25) is 0 Å². The quantitative estimate of drug-likeness (QED) is 0.0196. The van der Waals surface area contributed by atoms with Crippen LogP contribution in [0.25, 0.3) is 0 Å². The summed E-state index contributed by atoms with van der Waals surface area (Å²) >= 11 is 0. The Morgan fingerprint density at radius 1 is 0.492 bits per heavy atom. The van der Waals surface area contributed by atoms with Crippen LogP contribution in [0.3, 0.4) is 0 Å². The largest absolute Gasteiger partial charge is 0.545 e. The molecule has 9 heteroatoms. The predicted molar refractivity (Wildman–Crippen MR) is 260 cm³/mol. The van der Waals surface area contributed by atoms with E-state index in [9.17, 15) is 19.5 Å². The van der Waals surface area contributed by atoms with Crippen molar-refractivity contribution in [3.8, 4) is 0 Å². The minimum atomic E-state index is -1.62. The van der Waals surface area contributed by atoms with E-state index in [1.165, 1.54) is 57.8 Å². The van der Waals surface area contributed by atoms with Crippen LogP contribution in [0.5, 0.6) is 0 Å². The maximum absolute atomic E-state index is 12.7. The molecule has 2 atom stereocenters. The van der Waals surface area contributed by atoms with Gasteiger partial charge in [-0.1, -0.05) is 182 Å². The molecule has 63 heavy (non-hydrogen) atoms. The van der Waals surface area contributed by atoms with Gasteiger partial charge in [-0.05, 0) is 70.6 Å². The molecule has 0 amide bonds. The van der Waals surface area contributed by atoms with E-state index in [0.29, 0.717) is 17.4 Å². The van der Waals surface area contributed by atoms with Crippen molar-refractivity contribution in [3.63, 3.8) is 0 Å². The molecule has 0 aliphatic heterocycles.